The maximum absolute atomic E-state index is 12.5. The van der Waals surface area contributed by atoms with Gasteiger partial charge in [-0.25, -0.2) is 14.4 Å². The van der Waals surface area contributed by atoms with Crippen molar-refractivity contribution in [1.29, 1.82) is 0 Å². The predicted molar refractivity (Wildman–Crippen MR) is 253 cm³/mol. The zero-order valence-corrected chi connectivity index (χ0v) is 39.4. The quantitative estimate of drug-likeness (QED) is 0.0270. The number of amides is 3. The largest absolute Gasteiger partial charge is 0.469 e. The lowest BCUT2D eigenvalue weighted by molar-refractivity contribution is -0.145. The van der Waals surface area contributed by atoms with Crippen molar-refractivity contribution in [2.75, 3.05) is 28.4 Å². The molecule has 0 saturated carbocycles. The Morgan fingerprint density at radius 3 is 1.33 bits per heavy atom. The van der Waals surface area contributed by atoms with E-state index in [1.54, 1.807) is 97.1 Å². The van der Waals surface area contributed by atoms with Crippen molar-refractivity contribution in [2.45, 2.75) is 72.4 Å². The summed E-state index contributed by atoms with van der Waals surface area (Å²) in [4.78, 5) is 93.6. The average Bonchev–Trinajstić information content (AvgIpc) is 3.31. The zero-order chi connectivity index (χ0) is 50.1. The first-order valence-corrected chi connectivity index (χ1v) is 20.7. The van der Waals surface area contributed by atoms with Crippen molar-refractivity contribution < 1.29 is 57.3 Å². The van der Waals surface area contributed by atoms with Crippen molar-refractivity contribution in [2.24, 2.45) is 11.3 Å². The number of Topliss-reactive ketones (excluding diaryl/α,β-unsaturated/α-hetero) is 1. The number of nitrogens with one attached hydrogen (secondary N) is 3. The van der Waals surface area contributed by atoms with Gasteiger partial charge in [0.1, 0.15) is 17.8 Å². The van der Waals surface area contributed by atoms with E-state index in [2.05, 4.69) is 66.3 Å². The Hall–Kier alpha value is -7.42. The van der Waals surface area contributed by atoms with E-state index in [4.69, 9.17) is 9.47 Å². The number of ketones is 1. The number of allylic oxidation sites excluding steroid dienone is 3. The van der Waals surface area contributed by atoms with Crippen LogP contribution in [0.4, 0.5) is 0 Å². The third-order valence-electron chi connectivity index (χ3n) is 8.08. The number of benzene rings is 3. The van der Waals surface area contributed by atoms with Gasteiger partial charge in [0.15, 0.2) is 5.78 Å². The zero-order valence-electron chi connectivity index (χ0n) is 39.4. The summed E-state index contributed by atoms with van der Waals surface area (Å²) in [6, 6.07) is 24.4. The first-order valence-electron chi connectivity index (χ1n) is 20.7. The molecule has 3 amide bonds. The second kappa shape index (κ2) is 33.1. The minimum Gasteiger partial charge on any atom is -0.469 e. The van der Waals surface area contributed by atoms with Crippen molar-refractivity contribution in [1.82, 2.24) is 16.0 Å². The van der Waals surface area contributed by atoms with Crippen LogP contribution in [0.3, 0.4) is 0 Å². The van der Waals surface area contributed by atoms with E-state index in [1.807, 2.05) is 12.1 Å². The van der Waals surface area contributed by atoms with Crippen molar-refractivity contribution in [3.8, 4) is 0 Å². The van der Waals surface area contributed by atoms with Gasteiger partial charge >= 0.3 is 23.9 Å². The Bertz CT molecular complexity index is 1990. The normalized spacial score (nSPS) is 11.8. The summed E-state index contributed by atoms with van der Waals surface area (Å²) in [5.74, 6) is -3.97. The SMILES string of the molecule is C=C/C=C(\NC(C)=O)C(=O)OC.C=CC[C@H](NC(=O)c1ccccc1)C(=O)OC.CC(C)(C)C.COC(=O)[C@H](CC=CC[C@H](NC(=O)c1ccccc1)C(=O)OC)CC(=O)c1ccccc1. The van der Waals surface area contributed by atoms with Crippen LogP contribution in [-0.2, 0) is 42.9 Å². The van der Waals surface area contributed by atoms with Gasteiger partial charge in [-0.1, -0.05) is 125 Å². The summed E-state index contributed by atoms with van der Waals surface area (Å²) < 4.78 is 18.6. The first kappa shape index (κ1) is 58.6. The molecule has 3 N–H and O–H groups in total. The molecule has 0 heterocycles. The number of hydrogen-bond donors (Lipinski definition) is 3. The van der Waals surface area contributed by atoms with Gasteiger partial charge in [0.2, 0.25) is 5.91 Å². The van der Waals surface area contributed by atoms with Crippen molar-refractivity contribution in [3.63, 3.8) is 0 Å². The number of esters is 4. The van der Waals surface area contributed by atoms with E-state index in [-0.39, 0.29) is 42.6 Å². The minimum atomic E-state index is -0.883. The highest BCUT2D eigenvalue weighted by molar-refractivity contribution is 5.99. The minimum absolute atomic E-state index is 0.00615. The molecule has 0 aliphatic carbocycles. The topological polar surface area (TPSA) is 210 Å². The van der Waals surface area contributed by atoms with E-state index < -0.39 is 47.8 Å². The Labute approximate surface area is 388 Å². The Kier molecular flexibility index (Phi) is 29.4. The molecular formula is C51H65N3O12. The van der Waals surface area contributed by atoms with Crippen LogP contribution in [0.15, 0.2) is 140 Å². The summed E-state index contributed by atoms with van der Waals surface area (Å²) in [7, 11) is 5.04. The smallest absolute Gasteiger partial charge is 0.354 e. The summed E-state index contributed by atoms with van der Waals surface area (Å²) in [5.41, 5.74) is 2.04. The van der Waals surface area contributed by atoms with E-state index in [0.29, 0.717) is 28.5 Å². The van der Waals surface area contributed by atoms with Gasteiger partial charge < -0.3 is 34.9 Å². The van der Waals surface area contributed by atoms with Gasteiger partial charge in [0.05, 0.1) is 34.4 Å². The second-order valence-electron chi connectivity index (χ2n) is 15.5. The maximum Gasteiger partial charge on any atom is 0.354 e. The molecule has 0 aromatic heterocycles. The molecule has 0 spiro atoms. The van der Waals surface area contributed by atoms with Crippen LogP contribution >= 0.6 is 0 Å². The molecule has 0 aliphatic rings. The number of carbonyl (C=O) groups is 8. The molecule has 0 unspecified atom stereocenters. The van der Waals surface area contributed by atoms with E-state index in [9.17, 15) is 38.4 Å². The molecule has 66 heavy (non-hydrogen) atoms. The van der Waals surface area contributed by atoms with Crippen LogP contribution in [0.5, 0.6) is 0 Å². The average molecular weight is 912 g/mol. The number of carbonyl (C=O) groups excluding carboxylic acids is 8. The summed E-state index contributed by atoms with van der Waals surface area (Å²) >= 11 is 0. The van der Waals surface area contributed by atoms with Crippen LogP contribution in [-0.4, -0.2) is 87.9 Å². The Morgan fingerprint density at radius 1 is 0.576 bits per heavy atom. The summed E-state index contributed by atoms with van der Waals surface area (Å²) in [5, 5.41) is 7.56. The molecule has 0 bridgehead atoms. The van der Waals surface area contributed by atoms with Gasteiger partial charge in [-0.3, -0.25) is 24.0 Å². The molecule has 0 radical (unpaired) electrons. The van der Waals surface area contributed by atoms with Gasteiger partial charge in [-0.05, 0) is 55.0 Å². The number of hydrogen-bond acceptors (Lipinski definition) is 12. The van der Waals surface area contributed by atoms with Crippen LogP contribution in [0.2, 0.25) is 0 Å². The third kappa shape index (κ3) is 26.3. The highest BCUT2D eigenvalue weighted by Crippen LogP contribution is 2.17. The molecule has 0 saturated heterocycles. The molecular weight excluding hydrogens is 847 g/mol. The first-order chi connectivity index (χ1) is 31.3. The molecule has 3 rings (SSSR count). The van der Waals surface area contributed by atoms with Crippen LogP contribution < -0.4 is 16.0 Å². The lowest BCUT2D eigenvalue weighted by Gasteiger charge is -2.15. The highest BCUT2D eigenvalue weighted by atomic mass is 16.5. The monoisotopic (exact) mass is 911 g/mol. The van der Waals surface area contributed by atoms with E-state index in [0.717, 1.165) is 0 Å². The van der Waals surface area contributed by atoms with Crippen LogP contribution in [0.25, 0.3) is 0 Å². The van der Waals surface area contributed by atoms with Crippen molar-refractivity contribution in [3.05, 3.63) is 157 Å². The summed E-state index contributed by atoms with van der Waals surface area (Å²) in [6.07, 6.45) is 8.47. The molecule has 15 nitrogen and oxygen atoms in total. The van der Waals surface area contributed by atoms with Gasteiger partial charge in [-0.15, -0.1) is 6.58 Å². The van der Waals surface area contributed by atoms with Crippen molar-refractivity contribution >= 4 is 47.4 Å². The van der Waals surface area contributed by atoms with E-state index >= 15 is 0 Å². The Morgan fingerprint density at radius 2 is 0.970 bits per heavy atom. The summed E-state index contributed by atoms with van der Waals surface area (Å²) in [6.45, 7) is 17.0. The fraction of sp³-hybridized carbons (Fsp3) is 0.333. The lowest BCUT2D eigenvalue weighted by Crippen LogP contribution is -2.41. The Balaban J connectivity index is 0.00000103. The number of ether oxygens (including phenoxy) is 4. The molecule has 0 fully saturated rings. The third-order valence-corrected chi connectivity index (χ3v) is 8.08. The van der Waals surface area contributed by atoms with E-state index in [1.165, 1.54) is 47.5 Å². The lowest BCUT2D eigenvalue weighted by atomic mass is 9.95. The molecule has 356 valence electrons. The van der Waals surface area contributed by atoms with Gasteiger partial charge in [0, 0.05) is 30.0 Å². The van der Waals surface area contributed by atoms with Gasteiger partial charge in [-0.2, -0.15) is 0 Å². The molecule has 15 heteroatoms. The molecule has 3 aromatic carbocycles. The fourth-order valence-electron chi connectivity index (χ4n) is 5.01. The standard InChI is InChI=1S/C25H27NO6.C13H15NO3.C8H11NO3.C5H12/c1-31-24(29)20(17-22(27)18-11-5-3-6-12-18)15-9-10-16-21(25(30)32-2)26-23(28)19-13-7-4-8-14-19;1-3-7-11(13(16)17-2)14-12(15)10-8-5-4-6-9-10;1-4-5-7(8(11)12-3)9-6(2)10;1-5(2,3)4/h3-14,20-21H,15-17H2,1-2H3,(H,26,28);3-6,8-9,11H,1,7H2,2H3,(H,14,15);4-5H,1H2,2-3H3,(H,9,10);1-4H3/b;;7-5-;/t20-,21+;11-;;/m10../s1. The highest BCUT2D eigenvalue weighted by Gasteiger charge is 2.24. The van der Waals surface area contributed by atoms with Gasteiger partial charge in [0.25, 0.3) is 11.8 Å². The molecule has 3 atom stereocenters. The molecule has 0 aliphatic heterocycles. The fourth-order valence-corrected chi connectivity index (χ4v) is 5.01. The predicted octanol–water partition coefficient (Wildman–Crippen LogP) is 7.31. The number of rotatable bonds is 19. The second-order valence-corrected chi connectivity index (χ2v) is 15.5. The molecule has 3 aromatic rings. The van der Waals surface area contributed by atoms with Crippen LogP contribution in [0.1, 0.15) is 91.4 Å². The van der Waals surface area contributed by atoms with Crippen LogP contribution in [0, 0.1) is 11.3 Å². The number of methoxy groups -OCH3 is 4. The maximum atomic E-state index is 12.5.